The Morgan fingerprint density at radius 3 is 2.62 bits per heavy atom. The number of carbonyl (C=O) groups is 2. The Hall–Kier alpha value is -2.44. The molecule has 0 atom stereocenters. The van der Waals surface area contributed by atoms with Gasteiger partial charge in [0, 0.05) is 19.5 Å². The van der Waals surface area contributed by atoms with Gasteiger partial charge in [-0.2, -0.15) is 0 Å². The minimum atomic E-state index is -1.04. The molecule has 0 aliphatic rings. The molecule has 0 unspecified atom stereocenters. The Morgan fingerprint density at radius 1 is 1.29 bits per heavy atom. The quantitative estimate of drug-likeness (QED) is 0.868. The minimum Gasteiger partial charge on any atom is -0.478 e. The summed E-state index contributed by atoms with van der Waals surface area (Å²) in [5.74, 6) is -0.982. The van der Waals surface area contributed by atoms with E-state index in [4.69, 9.17) is 5.11 Å². The van der Waals surface area contributed by atoms with Gasteiger partial charge in [0.2, 0.25) is 5.91 Å². The lowest BCUT2D eigenvalue weighted by molar-refractivity contribution is -0.131. The lowest BCUT2D eigenvalue weighted by atomic mass is 10.2. The van der Waals surface area contributed by atoms with Gasteiger partial charge in [0.25, 0.3) is 0 Å². The first-order chi connectivity index (χ1) is 10.1. The monoisotopic (exact) mass is 290 g/mol. The molecule has 0 bridgehead atoms. The van der Waals surface area contributed by atoms with Crippen molar-refractivity contribution in [3.63, 3.8) is 0 Å². The zero-order chi connectivity index (χ0) is 15.4. The molecule has 0 radical (unpaired) electrons. The zero-order valence-corrected chi connectivity index (χ0v) is 12.1. The lowest BCUT2D eigenvalue weighted by Gasteiger charge is -2.18. The van der Waals surface area contributed by atoms with Crippen LogP contribution >= 0.6 is 0 Å². The van der Waals surface area contributed by atoms with Crippen molar-refractivity contribution in [1.29, 1.82) is 0 Å². The van der Waals surface area contributed by atoms with Crippen molar-refractivity contribution >= 4 is 22.9 Å². The number of amides is 1. The van der Waals surface area contributed by atoms with Crippen LogP contribution in [0.5, 0.6) is 0 Å². The number of rotatable bonds is 6. The van der Waals surface area contributed by atoms with Crippen LogP contribution in [0.25, 0.3) is 11.0 Å². The van der Waals surface area contributed by atoms with Crippen LogP contribution in [-0.4, -0.2) is 50.0 Å². The van der Waals surface area contributed by atoms with Gasteiger partial charge in [-0.3, -0.25) is 4.79 Å². The average molecular weight is 290 g/mol. The smallest absolute Gasteiger partial charge is 0.338 e. The molecular formula is C14H18N4O3. The number of carboxylic acids is 1. The summed E-state index contributed by atoms with van der Waals surface area (Å²) in [6, 6.07) is 4.90. The number of hydrogen-bond donors (Lipinski definition) is 1. The first-order valence-corrected chi connectivity index (χ1v) is 6.91. The summed E-state index contributed by atoms with van der Waals surface area (Å²) in [6.45, 7) is 5.61. The molecule has 112 valence electrons. The number of aryl methyl sites for hydroxylation is 1. The van der Waals surface area contributed by atoms with Crippen molar-refractivity contribution in [3.8, 4) is 0 Å². The Kier molecular flexibility index (Phi) is 4.52. The third-order valence-corrected chi connectivity index (χ3v) is 3.43. The summed E-state index contributed by atoms with van der Waals surface area (Å²) in [5.41, 5.74) is 1.09. The van der Waals surface area contributed by atoms with Crippen LogP contribution in [0.2, 0.25) is 0 Å². The van der Waals surface area contributed by atoms with E-state index in [0.29, 0.717) is 37.1 Å². The molecule has 7 heteroatoms. The number of carbonyl (C=O) groups excluding carboxylic acids is 1. The van der Waals surface area contributed by atoms with Crippen LogP contribution in [0.15, 0.2) is 18.2 Å². The van der Waals surface area contributed by atoms with Gasteiger partial charge in [-0.15, -0.1) is 5.10 Å². The second-order valence-electron chi connectivity index (χ2n) is 4.61. The fraction of sp³-hybridized carbons (Fsp3) is 0.429. The van der Waals surface area contributed by atoms with Crippen molar-refractivity contribution < 1.29 is 14.7 Å². The number of carboxylic acid groups (broad SMARTS) is 1. The molecule has 7 nitrogen and oxygen atoms in total. The van der Waals surface area contributed by atoms with Gasteiger partial charge in [0.1, 0.15) is 5.52 Å². The Balaban J connectivity index is 2.19. The van der Waals surface area contributed by atoms with Gasteiger partial charge >= 0.3 is 5.97 Å². The standard InChI is InChI=1S/C14H18N4O3/c1-3-17(4-2)12(19)8-9-18-11-7-5-6-10(14(20)21)13(11)15-16-18/h5-7H,3-4,8-9H2,1-2H3,(H,20,21). The predicted octanol–water partition coefficient (Wildman–Crippen LogP) is 1.39. The van der Waals surface area contributed by atoms with Crippen LogP contribution in [0, 0.1) is 0 Å². The predicted molar refractivity (Wildman–Crippen MR) is 77.0 cm³/mol. The number of fused-ring (bicyclic) bond motifs is 1. The number of nitrogens with zero attached hydrogens (tertiary/aromatic N) is 4. The van der Waals surface area contributed by atoms with Crippen LogP contribution in [0.3, 0.4) is 0 Å². The molecule has 1 aromatic carbocycles. The molecule has 0 spiro atoms. The zero-order valence-electron chi connectivity index (χ0n) is 12.1. The third-order valence-electron chi connectivity index (χ3n) is 3.43. The van der Waals surface area contributed by atoms with E-state index in [1.807, 2.05) is 13.8 Å². The molecule has 1 heterocycles. The molecule has 2 rings (SSSR count). The summed E-state index contributed by atoms with van der Waals surface area (Å²) in [6.07, 6.45) is 0.317. The van der Waals surface area contributed by atoms with E-state index in [2.05, 4.69) is 10.3 Å². The second-order valence-corrected chi connectivity index (χ2v) is 4.61. The fourth-order valence-electron chi connectivity index (χ4n) is 2.27. The first kappa shape index (κ1) is 15.0. The number of hydrogen-bond acceptors (Lipinski definition) is 4. The maximum absolute atomic E-state index is 12.0. The Morgan fingerprint density at radius 2 is 2.00 bits per heavy atom. The topological polar surface area (TPSA) is 88.3 Å². The molecule has 0 fully saturated rings. The minimum absolute atomic E-state index is 0.0537. The highest BCUT2D eigenvalue weighted by Gasteiger charge is 2.15. The number of aromatic carboxylic acids is 1. The van der Waals surface area contributed by atoms with Gasteiger partial charge < -0.3 is 10.0 Å². The van der Waals surface area contributed by atoms with E-state index in [0.717, 1.165) is 0 Å². The average Bonchev–Trinajstić information content (AvgIpc) is 2.89. The maximum Gasteiger partial charge on any atom is 0.338 e. The highest BCUT2D eigenvalue weighted by atomic mass is 16.4. The molecule has 1 aromatic heterocycles. The molecule has 1 N–H and O–H groups in total. The van der Waals surface area contributed by atoms with Crippen LogP contribution in [0.4, 0.5) is 0 Å². The van der Waals surface area contributed by atoms with Crippen LogP contribution in [-0.2, 0) is 11.3 Å². The van der Waals surface area contributed by atoms with E-state index >= 15 is 0 Å². The molecule has 0 aliphatic heterocycles. The highest BCUT2D eigenvalue weighted by molar-refractivity contribution is 6.00. The van der Waals surface area contributed by atoms with Gasteiger partial charge in [0.15, 0.2) is 0 Å². The number of benzene rings is 1. The summed E-state index contributed by atoms with van der Waals surface area (Å²) < 4.78 is 1.57. The van der Waals surface area contributed by atoms with Crippen molar-refractivity contribution in [1.82, 2.24) is 19.9 Å². The SMILES string of the molecule is CCN(CC)C(=O)CCn1nnc2c(C(=O)O)cccc21. The van der Waals surface area contributed by atoms with E-state index in [-0.39, 0.29) is 11.5 Å². The normalized spacial score (nSPS) is 10.8. The highest BCUT2D eigenvalue weighted by Crippen LogP contribution is 2.16. The first-order valence-electron chi connectivity index (χ1n) is 6.91. The van der Waals surface area contributed by atoms with Gasteiger partial charge in [-0.1, -0.05) is 11.3 Å². The van der Waals surface area contributed by atoms with Gasteiger partial charge in [0.05, 0.1) is 17.6 Å². The van der Waals surface area contributed by atoms with Crippen molar-refractivity contribution in [2.24, 2.45) is 0 Å². The van der Waals surface area contributed by atoms with Crippen LogP contribution < -0.4 is 0 Å². The third kappa shape index (κ3) is 3.01. The summed E-state index contributed by atoms with van der Waals surface area (Å²) in [5, 5.41) is 17.0. The molecular weight excluding hydrogens is 272 g/mol. The van der Waals surface area contributed by atoms with Crippen LogP contribution in [0.1, 0.15) is 30.6 Å². The summed E-state index contributed by atoms with van der Waals surface area (Å²) in [4.78, 5) is 24.9. The van der Waals surface area contributed by atoms with Gasteiger partial charge in [-0.25, -0.2) is 9.48 Å². The van der Waals surface area contributed by atoms with Crippen molar-refractivity contribution in [3.05, 3.63) is 23.8 Å². The van der Waals surface area contributed by atoms with E-state index in [1.54, 1.807) is 21.7 Å². The van der Waals surface area contributed by atoms with E-state index < -0.39 is 5.97 Å². The molecule has 2 aromatic rings. The molecule has 1 amide bonds. The maximum atomic E-state index is 12.0. The van der Waals surface area contributed by atoms with Gasteiger partial charge in [-0.05, 0) is 26.0 Å². The molecule has 21 heavy (non-hydrogen) atoms. The second kappa shape index (κ2) is 6.34. The molecule has 0 aliphatic carbocycles. The Labute approximate surface area is 122 Å². The summed E-state index contributed by atoms with van der Waals surface area (Å²) >= 11 is 0. The van der Waals surface area contributed by atoms with Crippen molar-refractivity contribution in [2.45, 2.75) is 26.8 Å². The van der Waals surface area contributed by atoms with Crippen molar-refractivity contribution in [2.75, 3.05) is 13.1 Å². The van der Waals surface area contributed by atoms with E-state index in [9.17, 15) is 9.59 Å². The Bertz CT molecular complexity index is 661. The number of aromatic nitrogens is 3. The largest absolute Gasteiger partial charge is 0.478 e. The van der Waals surface area contributed by atoms with E-state index in [1.165, 1.54) is 6.07 Å². The molecule has 0 saturated carbocycles. The fourth-order valence-corrected chi connectivity index (χ4v) is 2.27. The summed E-state index contributed by atoms with van der Waals surface area (Å²) in [7, 11) is 0. The molecule has 0 saturated heterocycles. The lowest BCUT2D eigenvalue weighted by Crippen LogP contribution is -2.31.